The van der Waals surface area contributed by atoms with Gasteiger partial charge in [-0.1, -0.05) is 0 Å². The van der Waals surface area contributed by atoms with Crippen LogP contribution in [0.1, 0.15) is 6.92 Å². The van der Waals surface area contributed by atoms with E-state index < -0.39 is 20.6 Å². The molecule has 0 unspecified atom stereocenters. The molecule has 0 saturated heterocycles. The summed E-state index contributed by atoms with van der Waals surface area (Å²) in [6, 6.07) is 19.0. The maximum absolute atomic E-state index is 11.2. The van der Waals surface area contributed by atoms with Crippen LogP contribution in [0.3, 0.4) is 0 Å². The van der Waals surface area contributed by atoms with Crippen molar-refractivity contribution in [3.63, 3.8) is 0 Å². The van der Waals surface area contributed by atoms with E-state index >= 15 is 0 Å². The van der Waals surface area contributed by atoms with Crippen molar-refractivity contribution in [1.29, 1.82) is 0 Å². The molecule has 0 saturated carbocycles. The summed E-state index contributed by atoms with van der Waals surface area (Å²) in [7, 11) is 0. The van der Waals surface area contributed by atoms with Crippen LogP contribution in [0.2, 0.25) is 0 Å². The second-order valence-corrected chi connectivity index (χ2v) is 6.84. The number of hydrogen-bond acceptors (Lipinski definition) is 3. The summed E-state index contributed by atoms with van der Waals surface area (Å²) >= 11 is -2.42. The van der Waals surface area contributed by atoms with Gasteiger partial charge in [0.05, 0.1) is 0 Å². The van der Waals surface area contributed by atoms with Gasteiger partial charge in [-0.15, -0.1) is 0 Å². The van der Waals surface area contributed by atoms with Crippen LogP contribution >= 0.6 is 20.6 Å². The maximum atomic E-state index is 11.2. The zero-order valence-corrected chi connectivity index (χ0v) is 12.0. The fourth-order valence-corrected chi connectivity index (χ4v) is 4.19. The number of benzene rings is 2. The summed E-state index contributed by atoms with van der Waals surface area (Å²) in [6.45, 7) is 1.40. The molecule has 18 heavy (non-hydrogen) atoms. The van der Waals surface area contributed by atoms with Crippen molar-refractivity contribution >= 4 is 26.6 Å². The Balaban J connectivity index is 2.18. The number of para-hydroxylation sites is 1. The predicted molar refractivity (Wildman–Crippen MR) is 78.0 cm³/mol. The second-order valence-electron chi connectivity index (χ2n) is 3.47. The van der Waals surface area contributed by atoms with E-state index in [0.717, 1.165) is 9.32 Å². The molecule has 2 aromatic rings. The Kier molecular flexibility index (Phi) is 4.58. The van der Waals surface area contributed by atoms with Gasteiger partial charge in [0.1, 0.15) is 0 Å². The summed E-state index contributed by atoms with van der Waals surface area (Å²) in [5.74, 6) is 0.424. The summed E-state index contributed by atoms with van der Waals surface area (Å²) < 4.78 is 12.1. The molecule has 0 aliphatic rings. The van der Waals surface area contributed by atoms with E-state index in [4.69, 9.17) is 6.13 Å². The fourth-order valence-electron chi connectivity index (χ4n) is 1.27. The molecule has 0 N–H and O–H groups in total. The molecule has 0 radical (unpaired) electrons. The normalized spacial score (nSPS) is 10.6. The Hall–Kier alpha value is -1.56. The van der Waals surface area contributed by atoms with Gasteiger partial charge >= 0.3 is 114 Å². The van der Waals surface area contributed by atoms with E-state index in [0.29, 0.717) is 0 Å². The molecule has 0 spiro atoms. The van der Waals surface area contributed by atoms with Gasteiger partial charge in [-0.2, -0.15) is 0 Å². The third-order valence-corrected chi connectivity index (χ3v) is 5.66. The monoisotopic (exact) mass is 356 g/mol. The van der Waals surface area contributed by atoms with Crippen molar-refractivity contribution < 1.29 is 10.9 Å². The summed E-state index contributed by atoms with van der Waals surface area (Å²) in [5, 5.41) is 0. The van der Waals surface area contributed by atoms with Crippen molar-refractivity contribution in [3.05, 3.63) is 64.2 Å². The molecule has 0 fully saturated rings. The Morgan fingerprint density at radius 1 is 0.944 bits per heavy atom. The van der Waals surface area contributed by atoms with Crippen LogP contribution in [0, 0.1) is 3.57 Å². The topological polar surface area (TPSA) is 35.5 Å². The Bertz CT molecular complexity index is 499. The van der Waals surface area contributed by atoms with Crippen LogP contribution < -0.4 is 3.07 Å². The minimum absolute atomic E-state index is 0.306. The average molecular weight is 356 g/mol. The van der Waals surface area contributed by atoms with E-state index in [1.54, 1.807) is 0 Å². The van der Waals surface area contributed by atoms with Gasteiger partial charge < -0.3 is 0 Å². The molecule has 94 valence electrons. The fraction of sp³-hybridized carbons (Fsp3) is 0.0714. The molecule has 0 atom stereocenters. The number of rotatable bonds is 4. The van der Waals surface area contributed by atoms with E-state index in [-0.39, 0.29) is 5.97 Å². The molecule has 0 aromatic heterocycles. The quantitative estimate of drug-likeness (QED) is 0.781. The molecule has 2 aromatic carbocycles. The van der Waals surface area contributed by atoms with Gasteiger partial charge in [0, 0.05) is 0 Å². The standard InChI is InChI=1S/C14H13IO3/c1-12(16)17-15(13-8-4-2-5-9-13)18-14-10-6-3-7-11-14/h2-11H,1H3. The van der Waals surface area contributed by atoms with Gasteiger partial charge in [0.25, 0.3) is 0 Å². The van der Waals surface area contributed by atoms with Crippen molar-refractivity contribution in [2.24, 2.45) is 0 Å². The van der Waals surface area contributed by atoms with Crippen molar-refractivity contribution in [2.45, 2.75) is 6.92 Å². The molecule has 0 amide bonds. The van der Waals surface area contributed by atoms with Gasteiger partial charge in [-0.25, -0.2) is 0 Å². The van der Waals surface area contributed by atoms with E-state index in [2.05, 4.69) is 0 Å². The summed E-state index contributed by atoms with van der Waals surface area (Å²) in [5.41, 5.74) is 0. The number of carbonyl (C=O) groups is 1. The van der Waals surface area contributed by atoms with Crippen LogP contribution in [0.4, 0.5) is 0 Å². The predicted octanol–water partition coefficient (Wildman–Crippen LogP) is 3.83. The zero-order valence-electron chi connectivity index (χ0n) is 9.88. The van der Waals surface area contributed by atoms with E-state index in [9.17, 15) is 4.79 Å². The van der Waals surface area contributed by atoms with Crippen molar-refractivity contribution in [1.82, 2.24) is 0 Å². The number of carbonyl (C=O) groups excluding carboxylic acids is 1. The van der Waals surface area contributed by atoms with E-state index in [1.807, 2.05) is 60.7 Å². The number of halogens is 1. The molecule has 3 nitrogen and oxygen atoms in total. The Morgan fingerprint density at radius 2 is 1.50 bits per heavy atom. The molecule has 0 aliphatic heterocycles. The van der Waals surface area contributed by atoms with Crippen LogP contribution in [0.15, 0.2) is 60.7 Å². The first-order chi connectivity index (χ1) is 8.75. The van der Waals surface area contributed by atoms with E-state index in [1.165, 1.54) is 6.92 Å². The minimum atomic E-state index is -2.42. The number of hydrogen-bond donors (Lipinski definition) is 0. The Labute approximate surface area is 114 Å². The Morgan fingerprint density at radius 3 is 2.06 bits per heavy atom. The molecule has 2 rings (SSSR count). The van der Waals surface area contributed by atoms with Gasteiger partial charge in [0.2, 0.25) is 0 Å². The van der Waals surface area contributed by atoms with Crippen molar-refractivity contribution in [2.75, 3.05) is 0 Å². The molecule has 0 aliphatic carbocycles. The van der Waals surface area contributed by atoms with Gasteiger partial charge in [0.15, 0.2) is 0 Å². The van der Waals surface area contributed by atoms with Crippen molar-refractivity contribution in [3.8, 4) is 5.75 Å². The SMILES string of the molecule is CC(=O)OI(Oc1ccccc1)c1ccccc1. The van der Waals surface area contributed by atoms with Crippen LogP contribution in [0.5, 0.6) is 5.75 Å². The summed E-state index contributed by atoms with van der Waals surface area (Å²) in [6.07, 6.45) is 0. The molecular weight excluding hydrogens is 343 g/mol. The third kappa shape index (κ3) is 3.73. The van der Waals surface area contributed by atoms with Gasteiger partial charge in [-0.3, -0.25) is 0 Å². The first kappa shape index (κ1) is 12.9. The zero-order chi connectivity index (χ0) is 12.8. The first-order valence-electron chi connectivity index (χ1n) is 5.43. The third-order valence-electron chi connectivity index (χ3n) is 1.99. The molecule has 4 heteroatoms. The summed E-state index contributed by atoms with van der Waals surface area (Å²) in [4.78, 5) is 11.2. The van der Waals surface area contributed by atoms with Crippen LogP contribution in [-0.4, -0.2) is 5.97 Å². The first-order valence-corrected chi connectivity index (χ1v) is 8.27. The molecular formula is C14H13IO3. The van der Waals surface area contributed by atoms with Crippen LogP contribution in [0.25, 0.3) is 0 Å². The molecule has 0 bridgehead atoms. The second kappa shape index (κ2) is 6.39. The van der Waals surface area contributed by atoms with Gasteiger partial charge in [-0.05, 0) is 0 Å². The average Bonchev–Trinajstić information content (AvgIpc) is 2.40. The van der Waals surface area contributed by atoms with Crippen LogP contribution in [-0.2, 0) is 7.86 Å². The molecule has 0 heterocycles.